The van der Waals surface area contributed by atoms with Crippen LogP contribution < -0.4 is 4.90 Å². The first-order valence-corrected chi connectivity index (χ1v) is 9.09. The fourth-order valence-corrected chi connectivity index (χ4v) is 3.68. The molecule has 0 unspecified atom stereocenters. The van der Waals surface area contributed by atoms with Crippen molar-refractivity contribution in [2.24, 2.45) is 5.92 Å². The number of anilines is 1. The van der Waals surface area contributed by atoms with Crippen molar-refractivity contribution in [1.29, 1.82) is 5.26 Å². The van der Waals surface area contributed by atoms with Crippen LogP contribution in [0.25, 0.3) is 0 Å². The molecule has 8 nitrogen and oxygen atoms in total. The number of carbonyl (C=O) groups excluding carboxylic acids is 1. The Labute approximate surface area is 157 Å². The van der Waals surface area contributed by atoms with Gasteiger partial charge in [0, 0.05) is 43.9 Å². The molecule has 1 atom stereocenters. The van der Waals surface area contributed by atoms with Gasteiger partial charge in [0.25, 0.3) is 0 Å². The molecule has 2 aromatic heterocycles. The average Bonchev–Trinajstić information content (AvgIpc) is 3.24. The summed E-state index contributed by atoms with van der Waals surface area (Å²) < 4.78 is 0. The number of piperidine rings is 1. The minimum atomic E-state index is -0.0733. The monoisotopic (exact) mass is 364 g/mol. The number of carbonyl (C=O) groups is 1. The molecule has 1 amide bonds. The summed E-state index contributed by atoms with van der Waals surface area (Å²) in [6.45, 7) is 1.97. The lowest BCUT2D eigenvalue weighted by Crippen LogP contribution is -2.42. The third-order valence-corrected chi connectivity index (χ3v) is 5.13. The Morgan fingerprint density at radius 3 is 2.85 bits per heavy atom. The van der Waals surface area contributed by atoms with Crippen molar-refractivity contribution in [3.63, 3.8) is 0 Å². The summed E-state index contributed by atoms with van der Waals surface area (Å²) in [5, 5.41) is 10.5. The minimum absolute atomic E-state index is 0.0430. The maximum Gasteiger partial charge on any atom is 0.249 e. The highest BCUT2D eigenvalue weighted by atomic mass is 16.7. The van der Waals surface area contributed by atoms with Crippen molar-refractivity contribution in [1.82, 2.24) is 20.0 Å². The van der Waals surface area contributed by atoms with Gasteiger partial charge in [-0.3, -0.25) is 14.6 Å². The Bertz CT molecular complexity index is 845. The molecule has 0 aliphatic carbocycles. The summed E-state index contributed by atoms with van der Waals surface area (Å²) in [6.07, 6.45) is 7.17. The molecule has 2 saturated heterocycles. The second-order valence-corrected chi connectivity index (χ2v) is 6.72. The summed E-state index contributed by atoms with van der Waals surface area (Å²) in [5.74, 6) is 0.704. The average molecular weight is 364 g/mol. The first kappa shape index (κ1) is 17.4. The van der Waals surface area contributed by atoms with E-state index in [2.05, 4.69) is 19.9 Å². The lowest BCUT2D eigenvalue weighted by Gasteiger charge is -2.34. The van der Waals surface area contributed by atoms with E-state index < -0.39 is 0 Å². The highest BCUT2D eigenvalue weighted by molar-refractivity contribution is 5.79. The molecule has 2 aromatic rings. The third kappa shape index (κ3) is 3.59. The van der Waals surface area contributed by atoms with Crippen LogP contribution in [-0.2, 0) is 9.63 Å². The van der Waals surface area contributed by atoms with Gasteiger partial charge in [-0.25, -0.2) is 15.0 Å². The lowest BCUT2D eigenvalue weighted by molar-refractivity contribution is -0.182. The molecule has 8 heteroatoms. The van der Waals surface area contributed by atoms with Crippen LogP contribution in [0.3, 0.4) is 0 Å². The van der Waals surface area contributed by atoms with Gasteiger partial charge in [-0.2, -0.15) is 5.26 Å². The molecule has 27 heavy (non-hydrogen) atoms. The summed E-state index contributed by atoms with van der Waals surface area (Å²) in [6, 6.07) is 7.51. The third-order valence-electron chi connectivity index (χ3n) is 5.13. The number of hydrogen-bond donors (Lipinski definition) is 0. The number of nitriles is 1. The van der Waals surface area contributed by atoms with Gasteiger partial charge in [-0.05, 0) is 24.5 Å². The van der Waals surface area contributed by atoms with E-state index in [1.165, 1.54) is 6.33 Å². The van der Waals surface area contributed by atoms with E-state index in [4.69, 9.17) is 10.1 Å². The van der Waals surface area contributed by atoms with Crippen LogP contribution in [-0.4, -0.2) is 45.6 Å². The van der Waals surface area contributed by atoms with Gasteiger partial charge in [0.2, 0.25) is 5.91 Å². The smallest absolute Gasteiger partial charge is 0.249 e. The molecule has 4 rings (SSSR count). The number of nitrogens with zero attached hydrogens (tertiary/aromatic N) is 6. The van der Waals surface area contributed by atoms with E-state index in [0.29, 0.717) is 25.4 Å². The first-order valence-electron chi connectivity index (χ1n) is 9.09. The Hall–Kier alpha value is -3.05. The summed E-state index contributed by atoms with van der Waals surface area (Å²) in [4.78, 5) is 33.1. The van der Waals surface area contributed by atoms with Crippen LogP contribution in [0.1, 0.15) is 36.6 Å². The van der Waals surface area contributed by atoms with Gasteiger partial charge in [0.15, 0.2) is 0 Å². The highest BCUT2D eigenvalue weighted by Crippen LogP contribution is 2.33. The second-order valence-electron chi connectivity index (χ2n) is 6.72. The van der Waals surface area contributed by atoms with Gasteiger partial charge in [0.1, 0.15) is 23.9 Å². The van der Waals surface area contributed by atoms with Crippen LogP contribution in [0.15, 0.2) is 36.9 Å². The summed E-state index contributed by atoms with van der Waals surface area (Å²) >= 11 is 0. The first-order chi connectivity index (χ1) is 13.3. The lowest BCUT2D eigenvalue weighted by atomic mass is 9.94. The highest BCUT2D eigenvalue weighted by Gasteiger charge is 2.37. The number of amides is 1. The molecule has 2 aliphatic heterocycles. The van der Waals surface area contributed by atoms with Crippen molar-refractivity contribution >= 4 is 11.7 Å². The number of pyridine rings is 1. The number of aromatic nitrogens is 3. The van der Waals surface area contributed by atoms with Crippen molar-refractivity contribution in [2.75, 3.05) is 24.6 Å². The van der Waals surface area contributed by atoms with Crippen LogP contribution in [0.4, 0.5) is 5.82 Å². The maximum atomic E-state index is 13.0. The predicted octanol–water partition coefficient (Wildman–Crippen LogP) is 1.86. The Morgan fingerprint density at radius 2 is 2.11 bits per heavy atom. The van der Waals surface area contributed by atoms with Gasteiger partial charge in [0.05, 0.1) is 12.6 Å². The number of hydroxylamine groups is 2. The van der Waals surface area contributed by atoms with E-state index in [1.807, 2.05) is 18.2 Å². The van der Waals surface area contributed by atoms with E-state index in [-0.39, 0.29) is 17.9 Å². The van der Waals surface area contributed by atoms with Gasteiger partial charge in [-0.1, -0.05) is 6.07 Å². The SMILES string of the molecule is N#Cc1cc(N2CCC(C(=O)N3OCC[C@H]3c3cccnc3)CC2)ncn1. The van der Waals surface area contributed by atoms with Crippen molar-refractivity contribution in [2.45, 2.75) is 25.3 Å². The summed E-state index contributed by atoms with van der Waals surface area (Å²) in [7, 11) is 0. The normalized spacial score (nSPS) is 20.5. The molecule has 0 bridgehead atoms. The predicted molar refractivity (Wildman–Crippen MR) is 96.1 cm³/mol. The van der Waals surface area contributed by atoms with Crippen LogP contribution in [0.2, 0.25) is 0 Å². The quantitative estimate of drug-likeness (QED) is 0.820. The van der Waals surface area contributed by atoms with Crippen LogP contribution in [0.5, 0.6) is 0 Å². The van der Waals surface area contributed by atoms with E-state index in [9.17, 15) is 4.79 Å². The zero-order valence-corrected chi connectivity index (χ0v) is 14.9. The van der Waals surface area contributed by atoms with Gasteiger partial charge in [-0.15, -0.1) is 0 Å². The maximum absolute atomic E-state index is 13.0. The van der Waals surface area contributed by atoms with Crippen molar-refractivity contribution < 1.29 is 9.63 Å². The molecule has 0 spiro atoms. The largest absolute Gasteiger partial charge is 0.356 e. The minimum Gasteiger partial charge on any atom is -0.356 e. The molecule has 0 N–H and O–H groups in total. The molecule has 0 radical (unpaired) electrons. The van der Waals surface area contributed by atoms with Crippen molar-refractivity contribution in [3.8, 4) is 6.07 Å². The van der Waals surface area contributed by atoms with Gasteiger partial charge >= 0.3 is 0 Å². The van der Waals surface area contributed by atoms with E-state index in [0.717, 1.165) is 30.6 Å². The summed E-state index contributed by atoms with van der Waals surface area (Å²) in [5.41, 5.74) is 1.36. The number of hydrogen-bond acceptors (Lipinski definition) is 7. The Balaban J connectivity index is 1.40. The number of rotatable bonds is 3. The topological polar surface area (TPSA) is 95.2 Å². The van der Waals surface area contributed by atoms with Crippen LogP contribution in [0, 0.1) is 17.2 Å². The Morgan fingerprint density at radius 1 is 1.26 bits per heavy atom. The Kier molecular flexibility index (Phi) is 4.94. The van der Waals surface area contributed by atoms with Crippen molar-refractivity contribution in [3.05, 3.63) is 48.2 Å². The molecule has 138 valence electrons. The molecule has 0 aromatic carbocycles. The fourth-order valence-electron chi connectivity index (χ4n) is 3.68. The van der Waals surface area contributed by atoms with Gasteiger partial charge < -0.3 is 4.90 Å². The van der Waals surface area contributed by atoms with E-state index in [1.54, 1.807) is 23.5 Å². The molecule has 2 aliphatic rings. The molecular weight excluding hydrogens is 344 g/mol. The molecular formula is C19H20N6O2. The molecule has 2 fully saturated rings. The fraction of sp³-hybridized carbons (Fsp3) is 0.421. The zero-order valence-electron chi connectivity index (χ0n) is 14.9. The second kappa shape index (κ2) is 7.68. The van der Waals surface area contributed by atoms with E-state index >= 15 is 0 Å². The standard InChI is InChI=1S/C19H20N6O2/c20-11-16-10-18(23-13-22-16)24-7-3-14(4-8-24)19(26)25-17(5-9-27-25)15-2-1-6-21-12-15/h1-2,6,10,12-14,17H,3-5,7-9H2/t17-/m0/s1. The molecule has 4 heterocycles. The molecule has 0 saturated carbocycles. The zero-order chi connectivity index (χ0) is 18.6. The van der Waals surface area contributed by atoms with Crippen LogP contribution >= 0.6 is 0 Å².